The van der Waals surface area contributed by atoms with Crippen molar-refractivity contribution in [2.45, 2.75) is 19.0 Å². The molecule has 2 aromatic rings. The Hall–Kier alpha value is -2.80. The molecule has 7 heteroatoms. The fourth-order valence-electron chi connectivity index (χ4n) is 3.60. The topological polar surface area (TPSA) is 69.6 Å². The van der Waals surface area contributed by atoms with Crippen LogP contribution >= 0.6 is 0 Å². The summed E-state index contributed by atoms with van der Waals surface area (Å²) >= 11 is 0. The number of piperazine rings is 1. The lowest BCUT2D eigenvalue weighted by Crippen LogP contribution is -2.52. The predicted molar refractivity (Wildman–Crippen MR) is 96.2 cm³/mol. The Morgan fingerprint density at radius 2 is 1.77 bits per heavy atom. The third kappa shape index (κ3) is 3.30. The average Bonchev–Trinajstić information content (AvgIpc) is 2.98. The molecule has 3 heterocycles. The van der Waals surface area contributed by atoms with E-state index in [0.29, 0.717) is 6.54 Å². The molecule has 2 fully saturated rings. The van der Waals surface area contributed by atoms with E-state index in [0.717, 1.165) is 37.6 Å². The zero-order valence-corrected chi connectivity index (χ0v) is 14.5. The lowest BCUT2D eigenvalue weighted by atomic mass is 10.1. The molecule has 7 nitrogen and oxygen atoms in total. The number of carbonyl (C=O) groups is 2. The van der Waals surface area contributed by atoms with Gasteiger partial charge in [-0.3, -0.25) is 24.4 Å². The summed E-state index contributed by atoms with van der Waals surface area (Å²) in [6.45, 7) is 3.37. The Morgan fingerprint density at radius 3 is 2.46 bits per heavy atom. The Morgan fingerprint density at radius 1 is 1.00 bits per heavy atom. The normalized spacial score (nSPS) is 21.5. The van der Waals surface area contributed by atoms with Crippen LogP contribution in [0.4, 0.5) is 5.82 Å². The van der Waals surface area contributed by atoms with Gasteiger partial charge in [-0.25, -0.2) is 4.98 Å². The number of carbonyl (C=O) groups excluding carboxylic acids is 2. The van der Waals surface area contributed by atoms with Gasteiger partial charge in [-0.2, -0.15) is 0 Å². The average molecular weight is 351 g/mol. The molecule has 1 unspecified atom stereocenters. The lowest BCUT2D eigenvalue weighted by Gasteiger charge is -2.37. The molecule has 0 spiro atoms. The molecule has 2 aliphatic rings. The summed E-state index contributed by atoms with van der Waals surface area (Å²) in [5.74, 6) is 0.693. The number of aromatic nitrogens is 2. The number of likely N-dealkylation sites (tertiary alicyclic amines) is 1. The van der Waals surface area contributed by atoms with Gasteiger partial charge in [0.2, 0.25) is 11.8 Å². The quantitative estimate of drug-likeness (QED) is 0.763. The monoisotopic (exact) mass is 351 g/mol. The Balaban J connectivity index is 1.38. The molecule has 0 aliphatic carbocycles. The van der Waals surface area contributed by atoms with Gasteiger partial charge in [-0.15, -0.1) is 0 Å². The molecule has 0 bridgehead atoms. The fourth-order valence-corrected chi connectivity index (χ4v) is 3.60. The number of benzene rings is 1. The molecule has 0 radical (unpaired) electrons. The summed E-state index contributed by atoms with van der Waals surface area (Å²) in [5, 5.41) is 0. The van der Waals surface area contributed by atoms with Crippen LogP contribution in [-0.4, -0.2) is 63.8 Å². The molecule has 26 heavy (non-hydrogen) atoms. The van der Waals surface area contributed by atoms with Crippen molar-refractivity contribution in [2.24, 2.45) is 0 Å². The van der Waals surface area contributed by atoms with E-state index in [1.54, 1.807) is 18.6 Å². The van der Waals surface area contributed by atoms with Crippen molar-refractivity contribution in [2.75, 3.05) is 31.1 Å². The number of amides is 2. The summed E-state index contributed by atoms with van der Waals surface area (Å²) in [7, 11) is 0. The zero-order valence-electron chi connectivity index (χ0n) is 14.5. The van der Waals surface area contributed by atoms with E-state index in [4.69, 9.17) is 0 Å². The maximum atomic E-state index is 12.8. The maximum absolute atomic E-state index is 12.8. The first-order chi connectivity index (χ1) is 12.7. The van der Waals surface area contributed by atoms with Crippen LogP contribution in [0.5, 0.6) is 0 Å². The van der Waals surface area contributed by atoms with Crippen molar-refractivity contribution in [3.05, 3.63) is 54.5 Å². The maximum Gasteiger partial charge on any atom is 0.247 e. The van der Waals surface area contributed by atoms with Gasteiger partial charge in [0, 0.05) is 38.6 Å². The van der Waals surface area contributed by atoms with Crippen LogP contribution in [-0.2, 0) is 16.1 Å². The van der Waals surface area contributed by atoms with Crippen LogP contribution in [0.15, 0.2) is 48.9 Å². The third-order valence-corrected chi connectivity index (χ3v) is 5.03. The van der Waals surface area contributed by atoms with Crippen molar-refractivity contribution in [1.29, 1.82) is 0 Å². The minimum Gasteiger partial charge on any atom is -0.353 e. The van der Waals surface area contributed by atoms with Gasteiger partial charge in [0.25, 0.3) is 0 Å². The summed E-state index contributed by atoms with van der Waals surface area (Å²) in [4.78, 5) is 39.3. The molecule has 1 aromatic carbocycles. The molecule has 4 rings (SSSR count). The second kappa shape index (κ2) is 7.21. The van der Waals surface area contributed by atoms with E-state index in [-0.39, 0.29) is 24.3 Å². The minimum absolute atomic E-state index is 0.0770. The lowest BCUT2D eigenvalue weighted by molar-refractivity contribution is -0.140. The van der Waals surface area contributed by atoms with E-state index in [1.165, 1.54) is 4.90 Å². The van der Waals surface area contributed by atoms with Gasteiger partial charge in [0.05, 0.1) is 25.2 Å². The molecule has 1 aromatic heterocycles. The van der Waals surface area contributed by atoms with Gasteiger partial charge >= 0.3 is 0 Å². The summed E-state index contributed by atoms with van der Waals surface area (Å²) in [5.41, 5.74) is 0.974. The summed E-state index contributed by atoms with van der Waals surface area (Å²) in [6.07, 6.45) is 5.37. The number of rotatable bonds is 4. The number of hydrogen-bond donors (Lipinski definition) is 0. The number of imide groups is 1. The van der Waals surface area contributed by atoms with Gasteiger partial charge in [-0.1, -0.05) is 30.3 Å². The molecule has 2 saturated heterocycles. The first-order valence-electron chi connectivity index (χ1n) is 8.85. The Bertz CT molecular complexity index is 775. The van der Waals surface area contributed by atoms with Crippen LogP contribution in [0.1, 0.15) is 12.0 Å². The SMILES string of the molecule is O=C1CC(N2CCN(c3cnccn3)CC2)C(=O)N1Cc1ccccc1. The molecular weight excluding hydrogens is 330 g/mol. The van der Waals surface area contributed by atoms with Gasteiger partial charge < -0.3 is 4.90 Å². The fraction of sp³-hybridized carbons (Fsp3) is 0.368. The molecular formula is C19H21N5O2. The van der Waals surface area contributed by atoms with Crippen molar-refractivity contribution in [3.8, 4) is 0 Å². The van der Waals surface area contributed by atoms with E-state index in [1.807, 2.05) is 30.3 Å². The third-order valence-electron chi connectivity index (χ3n) is 5.03. The Labute approximate surface area is 152 Å². The first kappa shape index (κ1) is 16.7. The molecule has 0 saturated carbocycles. The number of nitrogens with zero attached hydrogens (tertiary/aromatic N) is 5. The highest BCUT2D eigenvalue weighted by atomic mass is 16.2. The zero-order chi connectivity index (χ0) is 17.9. The highest BCUT2D eigenvalue weighted by Crippen LogP contribution is 2.23. The van der Waals surface area contributed by atoms with Crippen molar-refractivity contribution < 1.29 is 9.59 Å². The van der Waals surface area contributed by atoms with E-state index < -0.39 is 0 Å². The van der Waals surface area contributed by atoms with Crippen LogP contribution in [0.3, 0.4) is 0 Å². The van der Waals surface area contributed by atoms with Gasteiger partial charge in [0.15, 0.2) is 0 Å². The van der Waals surface area contributed by atoms with Crippen molar-refractivity contribution in [1.82, 2.24) is 19.8 Å². The minimum atomic E-state index is -0.338. The predicted octanol–water partition coefficient (Wildman–Crippen LogP) is 0.926. The van der Waals surface area contributed by atoms with E-state index in [9.17, 15) is 9.59 Å². The number of anilines is 1. The van der Waals surface area contributed by atoms with Crippen LogP contribution < -0.4 is 4.90 Å². The molecule has 2 amide bonds. The van der Waals surface area contributed by atoms with Crippen molar-refractivity contribution in [3.63, 3.8) is 0 Å². The number of hydrogen-bond acceptors (Lipinski definition) is 6. The van der Waals surface area contributed by atoms with Gasteiger partial charge in [-0.05, 0) is 5.56 Å². The second-order valence-corrected chi connectivity index (χ2v) is 6.61. The molecule has 134 valence electrons. The molecule has 0 N–H and O–H groups in total. The molecule has 1 atom stereocenters. The highest BCUT2D eigenvalue weighted by molar-refractivity contribution is 6.05. The van der Waals surface area contributed by atoms with E-state index in [2.05, 4.69) is 19.8 Å². The van der Waals surface area contributed by atoms with E-state index >= 15 is 0 Å². The second-order valence-electron chi connectivity index (χ2n) is 6.61. The Kier molecular flexibility index (Phi) is 4.62. The summed E-state index contributed by atoms with van der Waals surface area (Å²) in [6, 6.07) is 9.31. The highest BCUT2D eigenvalue weighted by Gasteiger charge is 2.42. The van der Waals surface area contributed by atoms with Crippen LogP contribution in [0, 0.1) is 0 Å². The van der Waals surface area contributed by atoms with Gasteiger partial charge in [0.1, 0.15) is 5.82 Å². The summed E-state index contributed by atoms with van der Waals surface area (Å²) < 4.78 is 0. The first-order valence-corrected chi connectivity index (χ1v) is 8.85. The standard InChI is InChI=1S/C19H21N5O2/c25-18-12-16(19(26)24(18)14-15-4-2-1-3-5-15)22-8-10-23(11-9-22)17-13-20-6-7-21-17/h1-7,13,16H,8-12,14H2. The largest absolute Gasteiger partial charge is 0.353 e. The van der Waals surface area contributed by atoms with Crippen LogP contribution in [0.25, 0.3) is 0 Å². The smallest absolute Gasteiger partial charge is 0.247 e. The van der Waals surface area contributed by atoms with Crippen molar-refractivity contribution >= 4 is 17.6 Å². The molecule has 2 aliphatic heterocycles. The van der Waals surface area contributed by atoms with Crippen LogP contribution in [0.2, 0.25) is 0 Å².